The lowest BCUT2D eigenvalue weighted by atomic mass is 10.1. The zero-order valence-corrected chi connectivity index (χ0v) is 44.7. The third kappa shape index (κ3) is 54.2. The van der Waals surface area contributed by atoms with Crippen molar-refractivity contribution in [1.82, 2.24) is 0 Å². The van der Waals surface area contributed by atoms with Gasteiger partial charge in [0.05, 0.1) is 0 Å². The number of hydrogen-bond donors (Lipinski definition) is 0. The summed E-state index contributed by atoms with van der Waals surface area (Å²) in [5.74, 6) is -1.01. The highest BCUT2D eigenvalue weighted by Crippen LogP contribution is 2.12. The first-order chi connectivity index (χ1) is 34.5. The molecule has 0 saturated heterocycles. The summed E-state index contributed by atoms with van der Waals surface area (Å²) in [4.78, 5) is 38.0. The summed E-state index contributed by atoms with van der Waals surface area (Å²) in [7, 11) is 0. The number of unbranched alkanes of at least 4 members (excludes halogenated alkanes) is 13. The summed E-state index contributed by atoms with van der Waals surface area (Å²) in [6.45, 7) is 6.29. The molecule has 0 saturated carbocycles. The molecule has 0 aromatic carbocycles. The maximum atomic E-state index is 12.8. The zero-order valence-electron chi connectivity index (χ0n) is 44.7. The predicted octanol–water partition coefficient (Wildman–Crippen LogP) is 18.8. The van der Waals surface area contributed by atoms with Crippen LogP contribution in [0.5, 0.6) is 0 Å². The molecule has 0 aromatic rings. The largest absolute Gasteiger partial charge is 0.462 e. The molecule has 0 radical (unpaired) electrons. The van der Waals surface area contributed by atoms with E-state index in [-0.39, 0.29) is 44.0 Å². The van der Waals surface area contributed by atoms with Gasteiger partial charge < -0.3 is 14.2 Å². The maximum absolute atomic E-state index is 12.8. The first kappa shape index (κ1) is 65.3. The summed E-state index contributed by atoms with van der Waals surface area (Å²) >= 11 is 0. The van der Waals surface area contributed by atoms with Crippen molar-refractivity contribution in [2.45, 2.75) is 226 Å². The summed E-state index contributed by atoms with van der Waals surface area (Å²) in [5, 5.41) is 0. The Morgan fingerprint density at radius 2 is 0.557 bits per heavy atom. The molecular formula is C64H100O6. The molecule has 0 bridgehead atoms. The van der Waals surface area contributed by atoms with Gasteiger partial charge in [-0.3, -0.25) is 14.4 Å². The van der Waals surface area contributed by atoms with E-state index in [1.54, 1.807) is 0 Å². The van der Waals surface area contributed by atoms with Crippen molar-refractivity contribution in [3.8, 4) is 0 Å². The molecule has 6 nitrogen and oxygen atoms in total. The van der Waals surface area contributed by atoms with Crippen LogP contribution < -0.4 is 0 Å². The lowest BCUT2D eigenvalue weighted by molar-refractivity contribution is -0.167. The normalized spacial score (nSPS) is 13.2. The molecule has 1 unspecified atom stereocenters. The van der Waals surface area contributed by atoms with Gasteiger partial charge in [-0.2, -0.15) is 0 Å². The molecule has 1 atom stereocenters. The second kappa shape index (κ2) is 56.9. The van der Waals surface area contributed by atoms with Crippen LogP contribution in [0.1, 0.15) is 220 Å². The Kier molecular flexibility index (Phi) is 53.0. The van der Waals surface area contributed by atoms with Crippen molar-refractivity contribution in [3.63, 3.8) is 0 Å². The average Bonchev–Trinajstić information content (AvgIpc) is 3.36. The lowest BCUT2D eigenvalue weighted by Crippen LogP contribution is -2.30. The second-order valence-electron chi connectivity index (χ2n) is 17.7. The van der Waals surface area contributed by atoms with E-state index in [1.807, 2.05) is 0 Å². The standard InChI is InChI=1S/C64H100O6/c1-4-7-10-13-16-19-22-25-26-27-28-29-30-31-32-33-34-35-36-37-38-40-42-45-48-51-54-57-63(66)69-60-61(59-68-62(65)56-53-50-47-44-41-24-21-18-15-12-9-6-3)70-64(67)58-55-52-49-46-43-39-23-20-17-14-11-8-5-2/h7-8,10-11,16-21,25-26,28-29,31-32,34-35,37-39,42-43,45,61H,4-6,9,12-15,22-24,27,30,33,36,40-41,44,46-60H2,1-3H3/b10-7-,11-8-,19-16-,20-17-,21-18-,26-25-,29-28-,32-31-,35-34-,38-37-,43-39-,45-42-. The third-order valence-corrected chi connectivity index (χ3v) is 11.1. The van der Waals surface area contributed by atoms with E-state index >= 15 is 0 Å². The monoisotopic (exact) mass is 965 g/mol. The number of allylic oxidation sites excluding steroid dienone is 24. The van der Waals surface area contributed by atoms with E-state index in [0.29, 0.717) is 19.3 Å². The number of esters is 3. The van der Waals surface area contributed by atoms with Gasteiger partial charge in [-0.05, 0) is 141 Å². The summed E-state index contributed by atoms with van der Waals surface area (Å²) in [5.41, 5.74) is 0. The second-order valence-corrected chi connectivity index (χ2v) is 17.7. The molecule has 0 rings (SSSR count). The van der Waals surface area contributed by atoms with Gasteiger partial charge in [-0.25, -0.2) is 0 Å². The first-order valence-electron chi connectivity index (χ1n) is 27.8. The van der Waals surface area contributed by atoms with Crippen molar-refractivity contribution in [2.24, 2.45) is 0 Å². The first-order valence-corrected chi connectivity index (χ1v) is 27.8. The fourth-order valence-electron chi connectivity index (χ4n) is 6.93. The molecule has 0 aliphatic rings. The molecule has 0 aliphatic heterocycles. The molecule has 0 heterocycles. The van der Waals surface area contributed by atoms with E-state index in [9.17, 15) is 14.4 Å². The highest BCUT2D eigenvalue weighted by Gasteiger charge is 2.19. The Morgan fingerprint density at radius 3 is 0.929 bits per heavy atom. The van der Waals surface area contributed by atoms with Crippen LogP contribution in [0.25, 0.3) is 0 Å². The molecule has 6 heteroatoms. The van der Waals surface area contributed by atoms with Crippen LogP contribution in [-0.4, -0.2) is 37.2 Å². The topological polar surface area (TPSA) is 78.9 Å². The van der Waals surface area contributed by atoms with Crippen LogP contribution in [-0.2, 0) is 28.6 Å². The van der Waals surface area contributed by atoms with Gasteiger partial charge >= 0.3 is 17.9 Å². The van der Waals surface area contributed by atoms with Gasteiger partial charge in [0.1, 0.15) is 13.2 Å². The molecule has 0 aliphatic carbocycles. The minimum atomic E-state index is -0.820. The summed E-state index contributed by atoms with van der Waals surface area (Å²) < 4.78 is 16.7. The Bertz CT molecular complexity index is 1580. The fraction of sp³-hybridized carbons (Fsp3) is 0.578. The number of carbonyl (C=O) groups excluding carboxylic acids is 3. The van der Waals surface area contributed by atoms with Gasteiger partial charge in [0.15, 0.2) is 6.10 Å². The third-order valence-electron chi connectivity index (χ3n) is 11.1. The fourth-order valence-corrected chi connectivity index (χ4v) is 6.93. The smallest absolute Gasteiger partial charge is 0.306 e. The Labute approximate surface area is 429 Å². The van der Waals surface area contributed by atoms with Crippen LogP contribution >= 0.6 is 0 Å². The minimum absolute atomic E-state index is 0.114. The van der Waals surface area contributed by atoms with E-state index in [0.717, 1.165) is 135 Å². The summed E-state index contributed by atoms with van der Waals surface area (Å²) in [6.07, 6.45) is 81.3. The molecule has 0 fully saturated rings. The van der Waals surface area contributed by atoms with Gasteiger partial charge in [-0.1, -0.05) is 205 Å². The maximum Gasteiger partial charge on any atom is 0.306 e. The highest BCUT2D eigenvalue weighted by molar-refractivity contribution is 5.71. The minimum Gasteiger partial charge on any atom is -0.462 e. The van der Waals surface area contributed by atoms with Gasteiger partial charge in [-0.15, -0.1) is 0 Å². The molecule has 70 heavy (non-hydrogen) atoms. The quantitative estimate of drug-likeness (QED) is 0.0262. The van der Waals surface area contributed by atoms with Crippen molar-refractivity contribution in [3.05, 3.63) is 146 Å². The zero-order chi connectivity index (χ0) is 50.7. The van der Waals surface area contributed by atoms with Crippen LogP contribution in [0, 0.1) is 0 Å². The average molecular weight is 965 g/mol. The van der Waals surface area contributed by atoms with E-state index in [4.69, 9.17) is 14.2 Å². The van der Waals surface area contributed by atoms with E-state index in [2.05, 4.69) is 167 Å². The Hall–Kier alpha value is -4.71. The predicted molar refractivity (Wildman–Crippen MR) is 302 cm³/mol. The lowest BCUT2D eigenvalue weighted by Gasteiger charge is -2.18. The number of carbonyl (C=O) groups is 3. The van der Waals surface area contributed by atoms with Crippen LogP contribution in [0.3, 0.4) is 0 Å². The Balaban J connectivity index is 4.44. The van der Waals surface area contributed by atoms with Crippen molar-refractivity contribution in [1.29, 1.82) is 0 Å². The number of hydrogen-bond acceptors (Lipinski definition) is 6. The van der Waals surface area contributed by atoms with Crippen LogP contribution in [0.2, 0.25) is 0 Å². The molecule has 0 aromatic heterocycles. The molecule has 0 spiro atoms. The van der Waals surface area contributed by atoms with Crippen molar-refractivity contribution >= 4 is 17.9 Å². The molecule has 392 valence electrons. The van der Waals surface area contributed by atoms with Crippen LogP contribution in [0.4, 0.5) is 0 Å². The van der Waals surface area contributed by atoms with E-state index < -0.39 is 6.10 Å². The molecule has 0 amide bonds. The van der Waals surface area contributed by atoms with Gasteiger partial charge in [0.2, 0.25) is 0 Å². The van der Waals surface area contributed by atoms with Crippen molar-refractivity contribution in [2.75, 3.05) is 13.2 Å². The van der Waals surface area contributed by atoms with Crippen LogP contribution in [0.15, 0.2) is 146 Å². The SMILES string of the molecule is CC/C=C\C/C=C\C/C=C\C/C=C\C/C=C\C/C=C\C/C=C\C/C=C\CCCCC(=O)OCC(COC(=O)CCCCCCC/C=C\CCCCC)OC(=O)CCCCC/C=C\C/C=C\C/C=C\CC. The van der Waals surface area contributed by atoms with E-state index in [1.165, 1.54) is 32.1 Å². The van der Waals surface area contributed by atoms with Crippen molar-refractivity contribution < 1.29 is 28.6 Å². The van der Waals surface area contributed by atoms with Gasteiger partial charge in [0.25, 0.3) is 0 Å². The van der Waals surface area contributed by atoms with Gasteiger partial charge in [0, 0.05) is 19.3 Å². The molecule has 0 N–H and O–H groups in total. The number of rotatable bonds is 48. The Morgan fingerprint density at radius 1 is 0.300 bits per heavy atom. The highest BCUT2D eigenvalue weighted by atomic mass is 16.6. The summed E-state index contributed by atoms with van der Waals surface area (Å²) in [6, 6.07) is 0. The number of ether oxygens (including phenoxy) is 3. The molecular weight excluding hydrogens is 865 g/mol.